The third-order valence-corrected chi connectivity index (χ3v) is 2.14. The minimum atomic E-state index is -1.10. The largest absolute Gasteiger partial charge is 0.468 e. The van der Waals surface area contributed by atoms with Gasteiger partial charge in [-0.25, -0.2) is 14.4 Å². The number of carbonyl (C=O) groups is 3. The lowest BCUT2D eigenvalue weighted by molar-refractivity contribution is -0.145. The van der Waals surface area contributed by atoms with E-state index in [1.165, 1.54) is 7.11 Å². The molecule has 1 atom stereocenters. The Morgan fingerprint density at radius 2 is 1.58 bits per heavy atom. The van der Waals surface area contributed by atoms with Crippen LogP contribution in [0.1, 0.15) is 13.8 Å². The zero-order valence-corrected chi connectivity index (χ0v) is 11.7. The number of nitrogens with one attached hydrogen (secondary N) is 1. The smallest absolute Gasteiger partial charge is 0.336 e. The van der Waals surface area contributed by atoms with Crippen LogP contribution in [0.25, 0.3) is 0 Å². The molecule has 0 aliphatic heterocycles. The van der Waals surface area contributed by atoms with Crippen LogP contribution in [0.5, 0.6) is 0 Å². The molecule has 0 spiro atoms. The van der Waals surface area contributed by atoms with Gasteiger partial charge >= 0.3 is 17.9 Å². The Bertz CT molecular complexity index is 374. The number of rotatable bonds is 6. The van der Waals surface area contributed by atoms with Gasteiger partial charge in [-0.3, -0.25) is 5.32 Å². The lowest BCUT2D eigenvalue weighted by Gasteiger charge is -2.20. The van der Waals surface area contributed by atoms with Crippen molar-refractivity contribution in [3.05, 3.63) is 11.6 Å². The van der Waals surface area contributed by atoms with E-state index in [9.17, 15) is 14.4 Å². The molecule has 0 fully saturated rings. The molecule has 1 N–H and O–H groups in total. The van der Waals surface area contributed by atoms with Gasteiger partial charge in [0.05, 0.1) is 26.9 Å². The van der Waals surface area contributed by atoms with E-state index in [4.69, 9.17) is 0 Å². The van der Waals surface area contributed by atoms with Crippen LogP contribution in [0.3, 0.4) is 0 Å². The summed E-state index contributed by atoms with van der Waals surface area (Å²) < 4.78 is 13.6. The molecular formula is C12H19NO6. The van der Waals surface area contributed by atoms with Crippen LogP contribution in [-0.2, 0) is 28.6 Å². The van der Waals surface area contributed by atoms with Crippen molar-refractivity contribution in [3.8, 4) is 0 Å². The molecule has 0 saturated heterocycles. The van der Waals surface area contributed by atoms with Gasteiger partial charge in [-0.05, 0) is 13.8 Å². The number of hydrogen-bond acceptors (Lipinski definition) is 7. The normalized spacial score (nSPS) is 12.8. The van der Waals surface area contributed by atoms with Gasteiger partial charge < -0.3 is 14.2 Å². The molecule has 0 aliphatic rings. The average Bonchev–Trinajstić information content (AvgIpc) is 2.40. The predicted molar refractivity (Wildman–Crippen MR) is 66.2 cm³/mol. The Labute approximate surface area is 111 Å². The fourth-order valence-corrected chi connectivity index (χ4v) is 1.30. The van der Waals surface area contributed by atoms with Crippen LogP contribution in [-0.4, -0.2) is 51.3 Å². The number of ether oxygens (including phenoxy) is 3. The Kier molecular flexibility index (Phi) is 7.43. The van der Waals surface area contributed by atoms with E-state index >= 15 is 0 Å². The highest BCUT2D eigenvalue weighted by molar-refractivity contribution is 6.02. The Balaban J connectivity index is 5.47. The molecule has 0 aromatic carbocycles. The van der Waals surface area contributed by atoms with Crippen LogP contribution in [0.4, 0.5) is 0 Å². The highest BCUT2D eigenvalue weighted by Crippen LogP contribution is 2.09. The zero-order chi connectivity index (χ0) is 15.0. The molecule has 1 unspecified atom stereocenters. The number of methoxy groups -OCH3 is 3. The number of carbonyl (C=O) groups excluding carboxylic acids is 3. The van der Waals surface area contributed by atoms with Crippen molar-refractivity contribution in [1.29, 1.82) is 0 Å². The standard InChI is InChI=1S/C12H19NO6/c1-7(2)13-10(12(16)19-5)8(11(15)18-4)6-9(14)17-3/h6-7,10,13H,1-5H3/b8-6-. The van der Waals surface area contributed by atoms with Crippen molar-refractivity contribution in [3.63, 3.8) is 0 Å². The Morgan fingerprint density at radius 1 is 1.00 bits per heavy atom. The summed E-state index contributed by atoms with van der Waals surface area (Å²) in [6.07, 6.45) is 0.906. The summed E-state index contributed by atoms with van der Waals surface area (Å²) in [5.74, 6) is -2.27. The highest BCUT2D eigenvalue weighted by Gasteiger charge is 2.30. The van der Waals surface area contributed by atoms with Gasteiger partial charge in [0.2, 0.25) is 0 Å². The summed E-state index contributed by atoms with van der Waals surface area (Å²) in [5, 5.41) is 2.82. The first kappa shape index (κ1) is 17.1. The first-order valence-corrected chi connectivity index (χ1v) is 5.59. The van der Waals surface area contributed by atoms with E-state index in [1.54, 1.807) is 13.8 Å². The molecule has 0 aliphatic carbocycles. The van der Waals surface area contributed by atoms with Crippen LogP contribution < -0.4 is 5.32 Å². The number of hydrogen-bond donors (Lipinski definition) is 1. The molecule has 7 nitrogen and oxygen atoms in total. The van der Waals surface area contributed by atoms with E-state index in [0.717, 1.165) is 20.3 Å². The topological polar surface area (TPSA) is 90.9 Å². The molecule has 0 heterocycles. The molecule has 0 radical (unpaired) electrons. The average molecular weight is 273 g/mol. The van der Waals surface area contributed by atoms with E-state index in [0.29, 0.717) is 0 Å². The number of esters is 3. The van der Waals surface area contributed by atoms with Crippen molar-refractivity contribution in [2.24, 2.45) is 0 Å². The summed E-state index contributed by atoms with van der Waals surface area (Å²) in [6.45, 7) is 3.56. The van der Waals surface area contributed by atoms with Crippen molar-refractivity contribution < 1.29 is 28.6 Å². The van der Waals surface area contributed by atoms with Gasteiger partial charge in [-0.15, -0.1) is 0 Å². The van der Waals surface area contributed by atoms with Crippen molar-refractivity contribution in [1.82, 2.24) is 5.32 Å². The van der Waals surface area contributed by atoms with Gasteiger partial charge in [0.15, 0.2) is 0 Å². The van der Waals surface area contributed by atoms with Crippen molar-refractivity contribution in [2.75, 3.05) is 21.3 Å². The molecule has 0 amide bonds. The highest BCUT2D eigenvalue weighted by atomic mass is 16.5. The molecule has 0 saturated carbocycles. The quantitative estimate of drug-likeness (QED) is 0.407. The third-order valence-electron chi connectivity index (χ3n) is 2.14. The molecule has 0 rings (SSSR count). The van der Waals surface area contributed by atoms with E-state index in [-0.39, 0.29) is 11.6 Å². The van der Waals surface area contributed by atoms with Gasteiger partial charge in [-0.2, -0.15) is 0 Å². The van der Waals surface area contributed by atoms with Crippen molar-refractivity contribution in [2.45, 2.75) is 25.9 Å². The molecule has 7 heteroatoms. The summed E-state index contributed by atoms with van der Waals surface area (Å²) >= 11 is 0. The van der Waals surface area contributed by atoms with Crippen LogP contribution >= 0.6 is 0 Å². The minimum absolute atomic E-state index is 0.116. The first-order chi connectivity index (χ1) is 8.87. The molecule has 19 heavy (non-hydrogen) atoms. The second-order valence-electron chi connectivity index (χ2n) is 3.89. The molecule has 0 aromatic rings. The third kappa shape index (κ3) is 5.52. The fraction of sp³-hybridized carbons (Fsp3) is 0.583. The van der Waals surface area contributed by atoms with E-state index < -0.39 is 23.9 Å². The maximum Gasteiger partial charge on any atom is 0.336 e. The first-order valence-electron chi connectivity index (χ1n) is 5.59. The lowest BCUT2D eigenvalue weighted by Crippen LogP contribution is -2.45. The van der Waals surface area contributed by atoms with Gasteiger partial charge in [-0.1, -0.05) is 0 Å². The van der Waals surface area contributed by atoms with Gasteiger partial charge in [0.1, 0.15) is 6.04 Å². The molecular weight excluding hydrogens is 254 g/mol. The summed E-state index contributed by atoms with van der Waals surface area (Å²) in [6, 6.07) is -1.22. The van der Waals surface area contributed by atoms with Crippen LogP contribution in [0.2, 0.25) is 0 Å². The zero-order valence-electron chi connectivity index (χ0n) is 11.7. The maximum atomic E-state index is 11.7. The Hall–Kier alpha value is -1.89. The van der Waals surface area contributed by atoms with Gasteiger partial charge in [0.25, 0.3) is 0 Å². The SMILES string of the molecule is COC(=O)/C=C(\C(=O)OC)C(NC(C)C)C(=O)OC. The van der Waals surface area contributed by atoms with Crippen LogP contribution in [0.15, 0.2) is 11.6 Å². The summed E-state index contributed by atoms with van der Waals surface area (Å²) in [5.41, 5.74) is -0.171. The Morgan fingerprint density at radius 3 is 1.95 bits per heavy atom. The maximum absolute atomic E-state index is 11.7. The molecule has 0 bridgehead atoms. The summed E-state index contributed by atoms with van der Waals surface area (Å²) in [7, 11) is 3.50. The fourth-order valence-electron chi connectivity index (χ4n) is 1.30. The van der Waals surface area contributed by atoms with E-state index in [1.807, 2.05) is 0 Å². The predicted octanol–water partition coefficient (Wildman–Crippen LogP) is -0.202. The second-order valence-corrected chi connectivity index (χ2v) is 3.89. The van der Waals surface area contributed by atoms with Gasteiger partial charge in [0, 0.05) is 12.1 Å². The minimum Gasteiger partial charge on any atom is -0.468 e. The lowest BCUT2D eigenvalue weighted by atomic mass is 10.1. The molecule has 108 valence electrons. The van der Waals surface area contributed by atoms with Crippen molar-refractivity contribution >= 4 is 17.9 Å². The molecule has 0 aromatic heterocycles. The van der Waals surface area contributed by atoms with Crippen LogP contribution in [0, 0.1) is 0 Å². The summed E-state index contributed by atoms with van der Waals surface area (Å²) in [4.78, 5) is 34.6. The monoisotopic (exact) mass is 273 g/mol. The second kappa shape index (κ2) is 8.25. The van der Waals surface area contributed by atoms with E-state index in [2.05, 4.69) is 19.5 Å².